The van der Waals surface area contributed by atoms with Gasteiger partial charge in [-0.1, -0.05) is 0 Å². The molecule has 2 saturated heterocycles. The summed E-state index contributed by atoms with van der Waals surface area (Å²) in [6, 6.07) is 93.9. The van der Waals surface area contributed by atoms with E-state index >= 15 is 0 Å². The molecule has 0 N–H and O–H groups in total. The van der Waals surface area contributed by atoms with Crippen molar-refractivity contribution in [1.29, 1.82) is 0 Å². The van der Waals surface area contributed by atoms with Crippen molar-refractivity contribution in [3.8, 4) is 44.5 Å². The minimum absolute atomic E-state index is 0.831. The van der Waals surface area contributed by atoms with Gasteiger partial charge in [-0.3, -0.25) is 0 Å². The van der Waals surface area contributed by atoms with Crippen LogP contribution in [-0.4, -0.2) is 28.7 Å². The first-order chi connectivity index (χ1) is 44.2. The molecule has 4 aliphatic carbocycles. The molecule has 9 heteroatoms. The third-order valence-electron chi connectivity index (χ3n) is 23.5. The molecule has 0 nitrogen and oxygen atoms in total. The number of halogens is 2. The fraction of sp³-hybridized carbons (Fsp3) is 0.122. The maximum atomic E-state index is 12.1. The molecule has 0 radical (unpaired) electrons. The van der Waals surface area contributed by atoms with Gasteiger partial charge in [0.05, 0.1) is 0 Å². The van der Waals surface area contributed by atoms with Gasteiger partial charge < -0.3 is 0 Å². The Labute approximate surface area is 564 Å². The van der Waals surface area contributed by atoms with Crippen molar-refractivity contribution in [2.24, 2.45) is 0 Å². The van der Waals surface area contributed by atoms with E-state index in [4.69, 9.17) is 0 Å². The van der Waals surface area contributed by atoms with Crippen LogP contribution in [0.2, 0.25) is 11.5 Å². The zero-order chi connectivity index (χ0) is 61.7. The Kier molecular flexibility index (Phi) is 12.6. The van der Waals surface area contributed by atoms with Gasteiger partial charge in [-0.25, -0.2) is 0 Å². The fourth-order valence-electron chi connectivity index (χ4n) is 21.3. The van der Waals surface area contributed by atoms with E-state index in [1.54, 1.807) is 0 Å². The molecule has 91 heavy (non-hydrogen) atoms. The Morgan fingerprint density at radius 3 is 0.692 bits per heavy atom. The van der Waals surface area contributed by atoms with E-state index in [0.29, 0.717) is 0 Å². The van der Waals surface area contributed by atoms with E-state index in [1.165, 1.54) is 150 Å². The summed E-state index contributed by atoms with van der Waals surface area (Å²) in [5, 5.41) is 0. The Bertz CT molecular complexity index is 4600. The van der Waals surface area contributed by atoms with E-state index in [1.807, 2.05) is 45.3 Å². The van der Waals surface area contributed by atoms with E-state index in [9.17, 15) is 17.2 Å². The standard InChI is InChI=1S/2C41H32GeS2.2ClH.Hf/c2*1-26-20-22-38(43-26)36-24-34-30(28-12-6-4-7-13-28)16-10-18-32(34)40(36)42(3)41-33-19-11-17-31(29-14-8-5-9-15-29)35(33)25-37(41)39-23-21-27(2)44-39;;;/h2*4-25,42H,1-3H3;2*1H;/q;;;;+2/p-2. The molecule has 442 valence electrons. The van der Waals surface area contributed by atoms with Gasteiger partial charge >= 0.3 is 570 Å². The number of hydrogen-bond donors (Lipinski definition) is 0. The molecule has 18 rings (SSSR count). The SMILES string of the molecule is Cc1ccc(C2=Cc3c(-c4ccccc4)cccc3[C]23[GeH]([CH3])[C]2(C(c4ccc(C)s4)=Cc4c(-c5ccccc5)cccc42)[Hf]32([Cl])([Cl])[C]3(C(c4ccc(C)s4)=Cc4c(-c5ccccc5)cccc43)[GeH]([CH3])[C]23C(c2ccc(C)s2)=Cc2c(-c4ccccc4)cccc23)s1. The summed E-state index contributed by atoms with van der Waals surface area (Å²) >= 11 is -8.00. The Morgan fingerprint density at radius 2 is 0.495 bits per heavy atom. The van der Waals surface area contributed by atoms with E-state index in [0.717, 1.165) is 0 Å². The normalized spacial score (nSPS) is 25.1. The first-order valence-electron chi connectivity index (χ1n) is 31.9. The number of aryl methyl sites for hydroxylation is 4. The molecule has 6 aliphatic rings. The Hall–Kier alpha value is -5.94. The molecule has 12 aromatic rings. The van der Waals surface area contributed by atoms with Crippen molar-refractivity contribution in [2.45, 2.75) is 47.2 Å². The number of thiophene rings is 4. The molecular formula is C82H64Cl2Ge2HfS4. The van der Waals surface area contributed by atoms with Crippen molar-refractivity contribution in [1.82, 2.24) is 0 Å². The number of allylic oxidation sites excluding steroid dienone is 4. The third kappa shape index (κ3) is 6.37. The minimum atomic E-state index is -8.35. The van der Waals surface area contributed by atoms with Crippen molar-refractivity contribution in [3.63, 3.8) is 0 Å². The zero-order valence-electron chi connectivity index (χ0n) is 51.4. The molecule has 6 heterocycles. The zero-order valence-corrected chi connectivity index (χ0v) is 64.7. The first kappa shape index (κ1) is 57.7. The summed E-state index contributed by atoms with van der Waals surface area (Å²) in [4.78, 5) is 10.3. The second kappa shape index (κ2) is 19.8. The van der Waals surface area contributed by atoms with Crippen LogP contribution in [0.4, 0.5) is 0 Å². The molecule has 2 fully saturated rings. The monoisotopic (exact) mass is 1570 g/mol. The summed E-state index contributed by atoms with van der Waals surface area (Å²) < 4.78 is -3.33. The van der Waals surface area contributed by atoms with Gasteiger partial charge in [0.15, 0.2) is 0 Å². The van der Waals surface area contributed by atoms with Crippen LogP contribution in [0.25, 0.3) is 91.1 Å². The average Bonchev–Trinajstić information content (AvgIpc) is 1.52. The van der Waals surface area contributed by atoms with Crippen molar-refractivity contribution in [3.05, 3.63) is 326 Å². The Balaban J connectivity index is 1.17. The van der Waals surface area contributed by atoms with Crippen LogP contribution in [-0.2, 0) is 22.7 Å². The predicted molar refractivity (Wildman–Crippen MR) is 400 cm³/mol. The summed E-state index contributed by atoms with van der Waals surface area (Å²) in [6.45, 7) is 9.21. The molecule has 5 spiro atoms. The molecule has 4 unspecified atom stereocenters. The van der Waals surface area contributed by atoms with Gasteiger partial charge in [0.1, 0.15) is 0 Å². The first-order valence-corrected chi connectivity index (χ1v) is 60.9. The second-order valence-electron chi connectivity index (χ2n) is 26.7. The van der Waals surface area contributed by atoms with Gasteiger partial charge in [0.25, 0.3) is 0 Å². The Morgan fingerprint density at radius 1 is 0.275 bits per heavy atom. The number of fused-ring (bicyclic) bond motifs is 12. The van der Waals surface area contributed by atoms with E-state index in [-0.39, 0.29) is 0 Å². The number of hydrogen-bond acceptors (Lipinski definition) is 4. The van der Waals surface area contributed by atoms with Crippen LogP contribution in [0.5, 0.6) is 0 Å². The molecule has 4 atom stereocenters. The maximum absolute atomic E-state index is 12.1. The molecule has 0 bridgehead atoms. The second-order valence-corrected chi connectivity index (χ2v) is 102. The molecule has 2 aliphatic heterocycles. The van der Waals surface area contributed by atoms with Crippen LogP contribution in [0, 0.1) is 27.7 Å². The van der Waals surface area contributed by atoms with Crippen LogP contribution in [0.1, 0.15) is 83.5 Å². The third-order valence-corrected chi connectivity index (χ3v) is 204. The molecule has 0 amide bonds. The topological polar surface area (TPSA) is 0 Å². The van der Waals surface area contributed by atoms with Crippen LogP contribution in [0.15, 0.2) is 243 Å². The molecule has 4 aromatic heterocycles. The predicted octanol–water partition coefficient (Wildman–Crippen LogP) is 23.4. The van der Waals surface area contributed by atoms with Gasteiger partial charge in [-0.05, 0) is 0 Å². The number of benzene rings is 8. The summed E-state index contributed by atoms with van der Waals surface area (Å²) in [5.74, 6) is 5.70. The summed E-state index contributed by atoms with van der Waals surface area (Å²) in [7, 11) is 24.1. The quantitative estimate of drug-likeness (QED) is 0.133. The average molecular weight is 1570 g/mol. The van der Waals surface area contributed by atoms with Gasteiger partial charge in [-0.2, -0.15) is 0 Å². The van der Waals surface area contributed by atoms with E-state index in [2.05, 4.69) is 306 Å². The summed E-state index contributed by atoms with van der Waals surface area (Å²) in [5.41, 5.74) is 25.9. The fourth-order valence-corrected chi connectivity index (χ4v) is 304. The van der Waals surface area contributed by atoms with E-state index < -0.39 is 51.4 Å². The van der Waals surface area contributed by atoms with Gasteiger partial charge in [0.2, 0.25) is 0 Å². The van der Waals surface area contributed by atoms with Gasteiger partial charge in [-0.15, -0.1) is 0 Å². The van der Waals surface area contributed by atoms with Gasteiger partial charge in [0, 0.05) is 0 Å². The summed E-state index contributed by atoms with van der Waals surface area (Å²) in [6.07, 6.45) is 10.8. The molecular weight excluding hydrogens is 1510 g/mol. The van der Waals surface area contributed by atoms with Crippen molar-refractivity contribution >= 4 is 138 Å². The van der Waals surface area contributed by atoms with Crippen LogP contribution in [0.3, 0.4) is 0 Å². The van der Waals surface area contributed by atoms with Crippen molar-refractivity contribution < 1.29 is 14.7 Å². The van der Waals surface area contributed by atoms with Crippen molar-refractivity contribution in [2.75, 3.05) is 0 Å². The van der Waals surface area contributed by atoms with Crippen LogP contribution >= 0.6 is 62.5 Å². The number of rotatable bonds is 8. The molecule has 0 saturated carbocycles. The van der Waals surface area contributed by atoms with Crippen LogP contribution < -0.4 is 0 Å². The molecule has 8 aromatic carbocycles.